The monoisotopic (exact) mass is 382 g/mol. The standard InChI is InChI=1S/C12H16ClIN2O2/c1-3-15-4-5-16-12(17)8-6-9(13)10(14)7-11(8)18-2/h6-7,15H,3-5H2,1-2H3,(H,16,17). The normalized spacial score (nSPS) is 10.2. The number of hydrogen-bond acceptors (Lipinski definition) is 3. The lowest BCUT2D eigenvalue weighted by Crippen LogP contribution is -2.31. The fourth-order valence-corrected chi connectivity index (χ4v) is 2.01. The van der Waals surface area contributed by atoms with Gasteiger partial charge in [0.15, 0.2) is 0 Å². The van der Waals surface area contributed by atoms with Crippen molar-refractivity contribution in [3.8, 4) is 5.75 Å². The van der Waals surface area contributed by atoms with Crippen molar-refractivity contribution in [1.29, 1.82) is 0 Å². The molecule has 0 unspecified atom stereocenters. The molecule has 1 aromatic rings. The number of nitrogens with one attached hydrogen (secondary N) is 2. The summed E-state index contributed by atoms with van der Waals surface area (Å²) < 4.78 is 6.05. The number of likely N-dealkylation sites (N-methyl/N-ethyl adjacent to an activating group) is 1. The lowest BCUT2D eigenvalue weighted by molar-refractivity contribution is 0.0951. The third-order valence-corrected chi connectivity index (χ3v) is 3.85. The van der Waals surface area contributed by atoms with Crippen LogP contribution in [0.15, 0.2) is 12.1 Å². The molecule has 0 aliphatic carbocycles. The van der Waals surface area contributed by atoms with Crippen LogP contribution < -0.4 is 15.4 Å². The number of carbonyl (C=O) groups excluding carboxylic acids is 1. The number of rotatable bonds is 6. The summed E-state index contributed by atoms with van der Waals surface area (Å²) >= 11 is 8.11. The van der Waals surface area contributed by atoms with Crippen LogP contribution in [0.3, 0.4) is 0 Å². The molecule has 0 saturated heterocycles. The lowest BCUT2D eigenvalue weighted by atomic mass is 10.2. The van der Waals surface area contributed by atoms with Crippen LogP contribution >= 0.6 is 34.2 Å². The average Bonchev–Trinajstić information content (AvgIpc) is 2.37. The Hall–Kier alpha value is -0.530. The molecule has 0 saturated carbocycles. The van der Waals surface area contributed by atoms with E-state index in [9.17, 15) is 4.79 Å². The molecule has 0 heterocycles. The van der Waals surface area contributed by atoms with E-state index in [1.54, 1.807) is 12.1 Å². The molecule has 1 aromatic carbocycles. The zero-order valence-electron chi connectivity index (χ0n) is 10.3. The Kier molecular flexibility index (Phi) is 6.73. The molecule has 4 nitrogen and oxygen atoms in total. The number of carbonyl (C=O) groups is 1. The van der Waals surface area contributed by atoms with Gasteiger partial charge >= 0.3 is 0 Å². The molecule has 0 aromatic heterocycles. The van der Waals surface area contributed by atoms with Crippen molar-refractivity contribution >= 4 is 40.1 Å². The Balaban J connectivity index is 2.75. The van der Waals surface area contributed by atoms with Crippen LogP contribution in [0.25, 0.3) is 0 Å². The summed E-state index contributed by atoms with van der Waals surface area (Å²) in [5.41, 5.74) is 0.458. The third kappa shape index (κ3) is 4.29. The van der Waals surface area contributed by atoms with E-state index >= 15 is 0 Å². The Morgan fingerprint density at radius 3 is 2.78 bits per heavy atom. The van der Waals surface area contributed by atoms with Crippen molar-refractivity contribution in [2.45, 2.75) is 6.92 Å². The molecule has 1 amide bonds. The molecular weight excluding hydrogens is 367 g/mol. The highest BCUT2D eigenvalue weighted by molar-refractivity contribution is 14.1. The summed E-state index contributed by atoms with van der Waals surface area (Å²) in [6, 6.07) is 3.38. The SMILES string of the molecule is CCNCCNC(=O)c1cc(Cl)c(I)cc1OC. The minimum absolute atomic E-state index is 0.178. The van der Waals surface area contributed by atoms with Crippen molar-refractivity contribution in [3.63, 3.8) is 0 Å². The van der Waals surface area contributed by atoms with Gasteiger partial charge in [-0.2, -0.15) is 0 Å². The Labute approximate surface area is 126 Å². The number of amides is 1. The number of ether oxygens (including phenoxy) is 1. The van der Waals surface area contributed by atoms with Crippen LogP contribution in [-0.4, -0.2) is 32.7 Å². The Bertz CT molecular complexity index is 427. The van der Waals surface area contributed by atoms with E-state index in [-0.39, 0.29) is 5.91 Å². The molecule has 6 heteroatoms. The molecule has 0 atom stereocenters. The average molecular weight is 383 g/mol. The van der Waals surface area contributed by atoms with Crippen LogP contribution in [-0.2, 0) is 0 Å². The van der Waals surface area contributed by atoms with Gasteiger partial charge in [0.2, 0.25) is 0 Å². The van der Waals surface area contributed by atoms with Gasteiger partial charge in [-0.05, 0) is 41.3 Å². The second-order valence-corrected chi connectivity index (χ2v) is 5.15. The molecule has 1 rings (SSSR count). The summed E-state index contributed by atoms with van der Waals surface area (Å²) in [5, 5.41) is 6.49. The Morgan fingerprint density at radius 2 is 2.17 bits per heavy atom. The summed E-state index contributed by atoms with van der Waals surface area (Å²) in [5.74, 6) is 0.354. The van der Waals surface area contributed by atoms with Crippen molar-refractivity contribution in [1.82, 2.24) is 10.6 Å². The highest BCUT2D eigenvalue weighted by Crippen LogP contribution is 2.28. The van der Waals surface area contributed by atoms with Gasteiger partial charge in [0, 0.05) is 16.7 Å². The predicted molar refractivity (Wildman–Crippen MR) is 81.6 cm³/mol. The molecule has 100 valence electrons. The van der Waals surface area contributed by atoms with Crippen LogP contribution in [0.5, 0.6) is 5.75 Å². The summed E-state index contributed by atoms with van der Waals surface area (Å²) in [7, 11) is 1.54. The van der Waals surface area contributed by atoms with Crippen molar-refractivity contribution in [3.05, 3.63) is 26.3 Å². The van der Waals surface area contributed by atoms with E-state index in [1.165, 1.54) is 7.11 Å². The smallest absolute Gasteiger partial charge is 0.255 e. The van der Waals surface area contributed by atoms with Gasteiger partial charge in [0.05, 0.1) is 17.7 Å². The number of methoxy groups -OCH3 is 1. The number of benzene rings is 1. The first-order valence-electron chi connectivity index (χ1n) is 5.62. The van der Waals surface area contributed by atoms with Gasteiger partial charge in [-0.25, -0.2) is 0 Å². The van der Waals surface area contributed by atoms with E-state index in [4.69, 9.17) is 16.3 Å². The van der Waals surface area contributed by atoms with Crippen molar-refractivity contribution in [2.75, 3.05) is 26.7 Å². The van der Waals surface area contributed by atoms with E-state index in [0.29, 0.717) is 22.9 Å². The summed E-state index contributed by atoms with van der Waals surface area (Å²) in [4.78, 5) is 12.0. The van der Waals surface area contributed by atoms with Crippen LogP contribution in [0.4, 0.5) is 0 Å². The molecule has 2 N–H and O–H groups in total. The maximum Gasteiger partial charge on any atom is 0.255 e. The first-order valence-corrected chi connectivity index (χ1v) is 7.07. The molecule has 0 radical (unpaired) electrons. The minimum atomic E-state index is -0.178. The van der Waals surface area contributed by atoms with E-state index in [0.717, 1.165) is 16.7 Å². The first kappa shape index (κ1) is 15.5. The Morgan fingerprint density at radius 1 is 1.44 bits per heavy atom. The van der Waals surface area contributed by atoms with Gasteiger partial charge < -0.3 is 15.4 Å². The molecule has 0 bridgehead atoms. The second-order valence-electron chi connectivity index (χ2n) is 3.58. The fourth-order valence-electron chi connectivity index (χ4n) is 1.41. The first-order chi connectivity index (χ1) is 8.60. The number of halogens is 2. The van der Waals surface area contributed by atoms with Gasteiger partial charge in [0.1, 0.15) is 5.75 Å². The molecule has 0 aliphatic rings. The largest absolute Gasteiger partial charge is 0.496 e. The second kappa shape index (κ2) is 7.81. The van der Waals surface area contributed by atoms with E-state index < -0.39 is 0 Å². The van der Waals surface area contributed by atoms with Gasteiger partial charge in [0.25, 0.3) is 5.91 Å². The van der Waals surface area contributed by atoms with Gasteiger partial charge in [-0.15, -0.1) is 0 Å². The lowest BCUT2D eigenvalue weighted by Gasteiger charge is -2.11. The molecule has 0 fully saturated rings. The number of hydrogen-bond donors (Lipinski definition) is 2. The molecular formula is C12H16ClIN2O2. The van der Waals surface area contributed by atoms with Gasteiger partial charge in [-0.1, -0.05) is 18.5 Å². The van der Waals surface area contributed by atoms with Crippen molar-refractivity contribution in [2.24, 2.45) is 0 Å². The maximum absolute atomic E-state index is 12.0. The maximum atomic E-state index is 12.0. The zero-order valence-corrected chi connectivity index (χ0v) is 13.3. The van der Waals surface area contributed by atoms with Gasteiger partial charge in [-0.3, -0.25) is 4.79 Å². The van der Waals surface area contributed by atoms with Crippen LogP contribution in [0, 0.1) is 3.57 Å². The fraction of sp³-hybridized carbons (Fsp3) is 0.417. The van der Waals surface area contributed by atoms with Crippen molar-refractivity contribution < 1.29 is 9.53 Å². The van der Waals surface area contributed by atoms with E-state index in [1.807, 2.05) is 6.92 Å². The third-order valence-electron chi connectivity index (χ3n) is 2.32. The summed E-state index contributed by atoms with van der Waals surface area (Å²) in [6.45, 7) is 4.21. The summed E-state index contributed by atoms with van der Waals surface area (Å²) in [6.07, 6.45) is 0. The highest BCUT2D eigenvalue weighted by Gasteiger charge is 2.14. The molecule has 0 aliphatic heterocycles. The van der Waals surface area contributed by atoms with Crippen LogP contribution in [0.1, 0.15) is 17.3 Å². The highest BCUT2D eigenvalue weighted by atomic mass is 127. The minimum Gasteiger partial charge on any atom is -0.496 e. The topological polar surface area (TPSA) is 50.4 Å². The molecule has 18 heavy (non-hydrogen) atoms. The van der Waals surface area contributed by atoms with Crippen LogP contribution in [0.2, 0.25) is 5.02 Å². The molecule has 0 spiro atoms. The quantitative estimate of drug-likeness (QED) is 0.586. The zero-order chi connectivity index (χ0) is 13.5. The predicted octanol–water partition coefficient (Wildman–Crippen LogP) is 2.29. The van der Waals surface area contributed by atoms with E-state index in [2.05, 4.69) is 33.2 Å².